The van der Waals surface area contributed by atoms with Crippen molar-refractivity contribution in [3.05, 3.63) is 41.0 Å². The minimum absolute atomic E-state index is 0.0610. The van der Waals surface area contributed by atoms with E-state index in [1.54, 1.807) is 4.90 Å². The molecule has 5 heteroatoms. The number of anilines is 1. The van der Waals surface area contributed by atoms with Crippen molar-refractivity contribution in [1.29, 1.82) is 0 Å². The summed E-state index contributed by atoms with van der Waals surface area (Å²) in [6.07, 6.45) is 8.45. The normalized spacial score (nSPS) is 20.1. The topological polar surface area (TPSA) is 61.4 Å². The van der Waals surface area contributed by atoms with Gasteiger partial charge in [0.05, 0.1) is 6.04 Å². The second kappa shape index (κ2) is 8.39. The van der Waals surface area contributed by atoms with Gasteiger partial charge in [-0.15, -0.1) is 0 Å². The zero-order chi connectivity index (χ0) is 18.5. The number of hydrogen-bond donors (Lipinski definition) is 2. The van der Waals surface area contributed by atoms with Crippen LogP contribution in [-0.2, 0) is 4.79 Å². The van der Waals surface area contributed by atoms with Crippen molar-refractivity contribution in [3.63, 3.8) is 0 Å². The van der Waals surface area contributed by atoms with E-state index in [0.717, 1.165) is 18.5 Å². The molecule has 1 aliphatic carbocycles. The van der Waals surface area contributed by atoms with Crippen molar-refractivity contribution in [2.75, 3.05) is 18.0 Å². The summed E-state index contributed by atoms with van der Waals surface area (Å²) in [4.78, 5) is 26.2. The molecule has 1 heterocycles. The van der Waals surface area contributed by atoms with Crippen LogP contribution in [0.25, 0.3) is 0 Å². The number of carbonyl (C=O) groups excluding carboxylic acids is 2. The van der Waals surface area contributed by atoms with Gasteiger partial charge in [-0.1, -0.05) is 17.7 Å². The average Bonchev–Trinajstić information content (AvgIpc) is 2.98. The van der Waals surface area contributed by atoms with Crippen LogP contribution in [0.1, 0.15) is 49.7 Å². The van der Waals surface area contributed by atoms with E-state index in [9.17, 15) is 9.59 Å². The molecule has 1 fully saturated rings. The van der Waals surface area contributed by atoms with Crippen LogP contribution in [0, 0.1) is 13.8 Å². The molecule has 2 N–H and O–H groups in total. The van der Waals surface area contributed by atoms with Crippen molar-refractivity contribution >= 4 is 17.6 Å². The number of aryl methyl sites for hydroxylation is 2. The van der Waals surface area contributed by atoms with Crippen LogP contribution in [0.15, 0.2) is 29.8 Å². The Labute approximate surface area is 155 Å². The number of nitrogens with zero attached hydrogens (tertiary/aromatic N) is 1. The van der Waals surface area contributed by atoms with Crippen molar-refractivity contribution in [2.24, 2.45) is 0 Å². The molecule has 2 aliphatic rings. The van der Waals surface area contributed by atoms with E-state index in [1.165, 1.54) is 36.0 Å². The molecular formula is C21H29N3O2. The maximum Gasteiger partial charge on any atom is 0.315 e. The summed E-state index contributed by atoms with van der Waals surface area (Å²) >= 11 is 0. The van der Waals surface area contributed by atoms with Crippen LogP contribution in [-0.4, -0.2) is 31.1 Å². The highest BCUT2D eigenvalue weighted by atomic mass is 16.2. The first-order valence-corrected chi connectivity index (χ1v) is 9.63. The Morgan fingerprint density at radius 3 is 2.81 bits per heavy atom. The number of carbonyl (C=O) groups is 2. The summed E-state index contributed by atoms with van der Waals surface area (Å²) in [5, 5.41) is 5.86. The third kappa shape index (κ3) is 4.65. The summed E-state index contributed by atoms with van der Waals surface area (Å²) in [5.74, 6) is 0.0610. The van der Waals surface area contributed by atoms with Crippen LogP contribution in [0.3, 0.4) is 0 Å². The molecular weight excluding hydrogens is 326 g/mol. The molecule has 0 radical (unpaired) electrons. The van der Waals surface area contributed by atoms with E-state index in [2.05, 4.69) is 23.6 Å². The molecule has 140 valence electrons. The molecule has 0 saturated carbocycles. The number of urea groups is 1. The van der Waals surface area contributed by atoms with E-state index in [1.807, 2.05) is 25.1 Å². The SMILES string of the molecule is Cc1ccc(N2CC(NC(=O)NCCC3=CCCCC3)CC2=O)cc1C. The van der Waals surface area contributed by atoms with Crippen LogP contribution in [0.4, 0.5) is 10.5 Å². The average molecular weight is 355 g/mol. The fourth-order valence-corrected chi connectivity index (χ4v) is 3.65. The molecule has 1 saturated heterocycles. The molecule has 3 amide bonds. The van der Waals surface area contributed by atoms with Crippen LogP contribution in [0.5, 0.6) is 0 Å². The number of allylic oxidation sites excluding steroid dienone is 1. The first-order chi connectivity index (χ1) is 12.5. The van der Waals surface area contributed by atoms with Crippen molar-refractivity contribution in [3.8, 4) is 0 Å². The van der Waals surface area contributed by atoms with Gasteiger partial charge in [-0.3, -0.25) is 4.79 Å². The quantitative estimate of drug-likeness (QED) is 0.793. The third-order valence-electron chi connectivity index (χ3n) is 5.38. The molecule has 1 aliphatic heterocycles. The van der Waals surface area contributed by atoms with Crippen molar-refractivity contribution in [2.45, 2.75) is 58.4 Å². The molecule has 26 heavy (non-hydrogen) atoms. The van der Waals surface area contributed by atoms with Gasteiger partial charge in [0.2, 0.25) is 5.91 Å². The van der Waals surface area contributed by atoms with Gasteiger partial charge < -0.3 is 15.5 Å². The van der Waals surface area contributed by atoms with E-state index < -0.39 is 0 Å². The minimum Gasteiger partial charge on any atom is -0.338 e. The number of benzene rings is 1. The van der Waals surface area contributed by atoms with Crippen LogP contribution < -0.4 is 15.5 Å². The first-order valence-electron chi connectivity index (χ1n) is 9.63. The maximum atomic E-state index is 12.3. The number of amides is 3. The molecule has 1 atom stereocenters. The van der Waals surface area contributed by atoms with Crippen LogP contribution >= 0.6 is 0 Å². The second-order valence-electron chi connectivity index (χ2n) is 7.43. The van der Waals surface area contributed by atoms with E-state index in [-0.39, 0.29) is 18.0 Å². The van der Waals surface area contributed by atoms with Gasteiger partial charge in [0, 0.05) is 25.2 Å². The lowest BCUT2D eigenvalue weighted by Gasteiger charge is -2.19. The Morgan fingerprint density at radius 1 is 1.23 bits per heavy atom. The fourth-order valence-electron chi connectivity index (χ4n) is 3.65. The lowest BCUT2D eigenvalue weighted by Crippen LogP contribution is -2.43. The first kappa shape index (κ1) is 18.5. The lowest BCUT2D eigenvalue weighted by atomic mass is 9.97. The van der Waals surface area contributed by atoms with E-state index >= 15 is 0 Å². The Balaban J connectivity index is 1.46. The molecule has 0 spiro atoms. The highest BCUT2D eigenvalue weighted by molar-refractivity contribution is 5.96. The standard InChI is InChI=1S/C21H29N3O2/c1-15-8-9-19(12-16(15)2)24-14-18(13-20(24)25)23-21(26)22-11-10-17-6-4-3-5-7-17/h6,8-9,12,18H,3-5,7,10-11,13-14H2,1-2H3,(H2,22,23,26). The summed E-state index contributed by atoms with van der Waals surface area (Å²) < 4.78 is 0. The zero-order valence-electron chi connectivity index (χ0n) is 15.8. The molecule has 3 rings (SSSR count). The van der Waals surface area contributed by atoms with Gasteiger partial charge in [0.15, 0.2) is 0 Å². The largest absolute Gasteiger partial charge is 0.338 e. The molecule has 5 nitrogen and oxygen atoms in total. The Hall–Kier alpha value is -2.30. The maximum absolute atomic E-state index is 12.3. The van der Waals surface area contributed by atoms with Gasteiger partial charge in [-0.2, -0.15) is 0 Å². The molecule has 0 bridgehead atoms. The smallest absolute Gasteiger partial charge is 0.315 e. The van der Waals surface area contributed by atoms with E-state index in [4.69, 9.17) is 0 Å². The Bertz CT molecular complexity index is 711. The number of nitrogens with one attached hydrogen (secondary N) is 2. The van der Waals surface area contributed by atoms with Crippen molar-refractivity contribution in [1.82, 2.24) is 10.6 Å². The summed E-state index contributed by atoms with van der Waals surface area (Å²) in [5.41, 5.74) is 4.74. The van der Waals surface area contributed by atoms with Gasteiger partial charge in [0.25, 0.3) is 0 Å². The Morgan fingerprint density at radius 2 is 2.08 bits per heavy atom. The van der Waals surface area contributed by atoms with Crippen LogP contribution in [0.2, 0.25) is 0 Å². The monoisotopic (exact) mass is 355 g/mol. The van der Waals surface area contributed by atoms with Gasteiger partial charge in [0.1, 0.15) is 0 Å². The molecule has 1 aromatic carbocycles. The molecule has 1 unspecified atom stereocenters. The number of hydrogen-bond acceptors (Lipinski definition) is 2. The zero-order valence-corrected chi connectivity index (χ0v) is 15.8. The molecule has 1 aromatic rings. The van der Waals surface area contributed by atoms with Gasteiger partial charge in [-0.25, -0.2) is 4.79 Å². The summed E-state index contributed by atoms with van der Waals surface area (Å²) in [7, 11) is 0. The highest BCUT2D eigenvalue weighted by Crippen LogP contribution is 2.24. The summed E-state index contributed by atoms with van der Waals surface area (Å²) in [6, 6.07) is 5.72. The predicted octanol–water partition coefficient (Wildman–Crippen LogP) is 3.60. The third-order valence-corrected chi connectivity index (χ3v) is 5.38. The fraction of sp³-hybridized carbons (Fsp3) is 0.524. The van der Waals surface area contributed by atoms with Gasteiger partial charge >= 0.3 is 6.03 Å². The highest BCUT2D eigenvalue weighted by Gasteiger charge is 2.31. The summed E-state index contributed by atoms with van der Waals surface area (Å²) in [6.45, 7) is 5.28. The minimum atomic E-state index is -0.179. The second-order valence-corrected chi connectivity index (χ2v) is 7.43. The number of rotatable bonds is 5. The van der Waals surface area contributed by atoms with Gasteiger partial charge in [-0.05, 0) is 69.2 Å². The lowest BCUT2D eigenvalue weighted by molar-refractivity contribution is -0.117. The van der Waals surface area contributed by atoms with Crippen molar-refractivity contribution < 1.29 is 9.59 Å². The Kier molecular flexibility index (Phi) is 5.96. The molecule has 0 aromatic heterocycles. The predicted molar refractivity (Wildman–Crippen MR) is 104 cm³/mol. The van der Waals surface area contributed by atoms with E-state index in [0.29, 0.717) is 19.5 Å².